The minimum atomic E-state index is -0.267. The highest BCUT2D eigenvalue weighted by atomic mass is 19.1. The topological polar surface area (TPSA) is 43.8 Å². The Morgan fingerprint density at radius 1 is 1.39 bits per heavy atom. The summed E-state index contributed by atoms with van der Waals surface area (Å²) in [4.78, 5) is 4.48. The maximum Gasteiger partial charge on any atom is 0.151 e. The number of nitrogens with zero attached hydrogens (tertiary/aromatic N) is 2. The Labute approximate surface area is 107 Å². The number of hydrogen-bond acceptors (Lipinski definition) is 2. The normalized spacial score (nSPS) is 12.3. The predicted octanol–water partition coefficient (Wildman–Crippen LogP) is 2.82. The first kappa shape index (κ1) is 13.0. The molecule has 0 bridgehead atoms. The molecule has 0 unspecified atom stereocenters. The van der Waals surface area contributed by atoms with Crippen molar-refractivity contribution in [3.63, 3.8) is 0 Å². The molecule has 0 radical (unpaired) electrons. The van der Waals surface area contributed by atoms with E-state index in [0.29, 0.717) is 12.1 Å². The molecule has 0 aliphatic carbocycles. The van der Waals surface area contributed by atoms with Crippen LogP contribution in [0.25, 0.3) is 11.0 Å². The quantitative estimate of drug-likeness (QED) is 0.905. The second-order valence-electron chi connectivity index (χ2n) is 5.28. The fourth-order valence-corrected chi connectivity index (χ4v) is 2.17. The van der Waals surface area contributed by atoms with Crippen LogP contribution in [0.3, 0.4) is 0 Å². The first-order valence-corrected chi connectivity index (χ1v) is 6.36. The lowest BCUT2D eigenvalue weighted by Crippen LogP contribution is -2.31. The summed E-state index contributed by atoms with van der Waals surface area (Å²) in [7, 11) is 0. The van der Waals surface area contributed by atoms with Crippen molar-refractivity contribution in [3.05, 3.63) is 29.8 Å². The van der Waals surface area contributed by atoms with E-state index >= 15 is 0 Å². The van der Waals surface area contributed by atoms with Gasteiger partial charge in [0.15, 0.2) is 5.82 Å². The van der Waals surface area contributed by atoms with Gasteiger partial charge < -0.3 is 10.3 Å². The molecule has 0 atom stereocenters. The first-order valence-electron chi connectivity index (χ1n) is 6.36. The van der Waals surface area contributed by atoms with Crippen molar-refractivity contribution in [3.8, 4) is 0 Å². The summed E-state index contributed by atoms with van der Waals surface area (Å²) >= 11 is 0. The Hall–Kier alpha value is -1.42. The fraction of sp³-hybridized carbons (Fsp3) is 0.500. The lowest BCUT2D eigenvalue weighted by atomic mass is 9.92. The van der Waals surface area contributed by atoms with Crippen LogP contribution in [-0.2, 0) is 12.0 Å². The second-order valence-corrected chi connectivity index (χ2v) is 5.28. The number of aryl methyl sites for hydroxylation is 1. The molecule has 0 amide bonds. The van der Waals surface area contributed by atoms with E-state index in [1.54, 1.807) is 6.07 Å². The molecule has 0 saturated heterocycles. The summed E-state index contributed by atoms with van der Waals surface area (Å²) in [5, 5.41) is 0. The van der Waals surface area contributed by atoms with Crippen molar-refractivity contribution in [1.29, 1.82) is 0 Å². The SMILES string of the molecule is CCCn1c(C(C)(C)CN)nc2c(F)cccc21. The molecular formula is C14H20FN3. The minimum Gasteiger partial charge on any atom is -0.329 e. The molecular weight excluding hydrogens is 229 g/mol. The monoisotopic (exact) mass is 249 g/mol. The van der Waals surface area contributed by atoms with Gasteiger partial charge >= 0.3 is 0 Å². The van der Waals surface area contributed by atoms with Gasteiger partial charge in [0.05, 0.1) is 5.52 Å². The average Bonchev–Trinajstić information content (AvgIpc) is 2.71. The van der Waals surface area contributed by atoms with Crippen LogP contribution in [0.5, 0.6) is 0 Å². The van der Waals surface area contributed by atoms with E-state index in [9.17, 15) is 4.39 Å². The van der Waals surface area contributed by atoms with E-state index < -0.39 is 0 Å². The minimum absolute atomic E-state index is 0.249. The predicted molar refractivity (Wildman–Crippen MR) is 72.1 cm³/mol. The van der Waals surface area contributed by atoms with Crippen LogP contribution in [0.4, 0.5) is 4.39 Å². The lowest BCUT2D eigenvalue weighted by Gasteiger charge is -2.23. The fourth-order valence-electron chi connectivity index (χ4n) is 2.17. The van der Waals surface area contributed by atoms with Gasteiger partial charge in [-0.2, -0.15) is 0 Å². The number of halogens is 1. The summed E-state index contributed by atoms with van der Waals surface area (Å²) in [5.74, 6) is 0.600. The zero-order valence-electron chi connectivity index (χ0n) is 11.2. The third kappa shape index (κ3) is 2.01. The van der Waals surface area contributed by atoms with E-state index in [0.717, 1.165) is 24.3 Å². The molecule has 2 rings (SSSR count). The molecule has 18 heavy (non-hydrogen) atoms. The van der Waals surface area contributed by atoms with Crippen LogP contribution in [0.15, 0.2) is 18.2 Å². The van der Waals surface area contributed by atoms with E-state index in [1.807, 2.05) is 19.9 Å². The van der Waals surface area contributed by atoms with Gasteiger partial charge in [0.1, 0.15) is 11.3 Å². The Kier molecular flexibility index (Phi) is 3.39. The molecule has 2 N–H and O–H groups in total. The Morgan fingerprint density at radius 3 is 2.72 bits per heavy atom. The molecule has 98 valence electrons. The highest BCUT2D eigenvalue weighted by Gasteiger charge is 2.26. The molecule has 0 fully saturated rings. The van der Waals surface area contributed by atoms with Gasteiger partial charge in [-0.15, -0.1) is 0 Å². The highest BCUT2D eigenvalue weighted by Crippen LogP contribution is 2.27. The molecule has 0 saturated carbocycles. The zero-order chi connectivity index (χ0) is 13.3. The van der Waals surface area contributed by atoms with Gasteiger partial charge in [-0.1, -0.05) is 26.8 Å². The Morgan fingerprint density at radius 2 is 2.11 bits per heavy atom. The standard InChI is InChI=1S/C14H20FN3/c1-4-8-18-11-7-5-6-10(15)12(11)17-13(18)14(2,3)9-16/h5-7H,4,8-9,16H2,1-3H3. The van der Waals surface area contributed by atoms with Gasteiger partial charge in [-0.25, -0.2) is 9.37 Å². The van der Waals surface area contributed by atoms with Crippen molar-refractivity contribution in [2.75, 3.05) is 6.54 Å². The number of rotatable bonds is 4. The van der Waals surface area contributed by atoms with E-state index in [1.165, 1.54) is 6.07 Å². The smallest absolute Gasteiger partial charge is 0.151 e. The largest absolute Gasteiger partial charge is 0.329 e. The van der Waals surface area contributed by atoms with Crippen LogP contribution in [0.2, 0.25) is 0 Å². The van der Waals surface area contributed by atoms with E-state index in [-0.39, 0.29) is 11.2 Å². The molecule has 1 heterocycles. The van der Waals surface area contributed by atoms with Crippen molar-refractivity contribution in [1.82, 2.24) is 9.55 Å². The molecule has 0 spiro atoms. The summed E-state index contributed by atoms with van der Waals surface area (Å²) in [6.45, 7) is 7.50. The number of hydrogen-bond donors (Lipinski definition) is 1. The maximum atomic E-state index is 13.8. The Bertz CT molecular complexity index is 557. The summed E-state index contributed by atoms with van der Waals surface area (Å²) in [6.07, 6.45) is 0.982. The maximum absolute atomic E-state index is 13.8. The van der Waals surface area contributed by atoms with E-state index in [4.69, 9.17) is 5.73 Å². The molecule has 1 aromatic heterocycles. The summed E-state index contributed by atoms with van der Waals surface area (Å²) < 4.78 is 15.9. The lowest BCUT2D eigenvalue weighted by molar-refractivity contribution is 0.469. The average molecular weight is 249 g/mol. The zero-order valence-corrected chi connectivity index (χ0v) is 11.2. The summed E-state index contributed by atoms with van der Waals surface area (Å²) in [5.41, 5.74) is 6.87. The van der Waals surface area contributed by atoms with Gasteiger partial charge in [0, 0.05) is 18.5 Å². The number of imidazole rings is 1. The number of para-hydroxylation sites is 1. The van der Waals surface area contributed by atoms with Crippen LogP contribution in [0.1, 0.15) is 33.0 Å². The number of benzene rings is 1. The number of nitrogens with two attached hydrogens (primary N) is 1. The van der Waals surface area contributed by atoms with Gasteiger partial charge in [-0.3, -0.25) is 0 Å². The molecule has 1 aromatic carbocycles. The van der Waals surface area contributed by atoms with Crippen LogP contribution < -0.4 is 5.73 Å². The summed E-state index contributed by atoms with van der Waals surface area (Å²) in [6, 6.07) is 5.09. The number of fused-ring (bicyclic) bond motifs is 1. The van der Waals surface area contributed by atoms with Gasteiger partial charge in [0.25, 0.3) is 0 Å². The van der Waals surface area contributed by atoms with Crippen LogP contribution in [0, 0.1) is 5.82 Å². The van der Waals surface area contributed by atoms with Gasteiger partial charge in [-0.05, 0) is 18.6 Å². The molecule has 3 nitrogen and oxygen atoms in total. The van der Waals surface area contributed by atoms with E-state index in [2.05, 4.69) is 16.5 Å². The molecule has 2 aromatic rings. The van der Waals surface area contributed by atoms with Crippen molar-refractivity contribution in [2.24, 2.45) is 5.73 Å². The van der Waals surface area contributed by atoms with Crippen LogP contribution >= 0.6 is 0 Å². The molecule has 4 heteroatoms. The molecule has 0 aliphatic rings. The van der Waals surface area contributed by atoms with Gasteiger partial charge in [0.2, 0.25) is 0 Å². The molecule has 0 aliphatic heterocycles. The van der Waals surface area contributed by atoms with Crippen molar-refractivity contribution < 1.29 is 4.39 Å². The second kappa shape index (κ2) is 4.69. The van der Waals surface area contributed by atoms with Crippen LogP contribution in [-0.4, -0.2) is 16.1 Å². The third-order valence-electron chi connectivity index (χ3n) is 3.29. The first-order chi connectivity index (χ1) is 8.51. The van der Waals surface area contributed by atoms with Crippen molar-refractivity contribution >= 4 is 11.0 Å². The third-order valence-corrected chi connectivity index (χ3v) is 3.29. The van der Waals surface area contributed by atoms with Crippen molar-refractivity contribution in [2.45, 2.75) is 39.2 Å². The highest BCUT2D eigenvalue weighted by molar-refractivity contribution is 5.77. The Balaban J connectivity index is 2.72. The number of aromatic nitrogens is 2.